The monoisotopic (exact) mass is 165 g/mol. The van der Waals surface area contributed by atoms with E-state index < -0.39 is 5.91 Å². The van der Waals surface area contributed by atoms with Crippen molar-refractivity contribution in [3.63, 3.8) is 0 Å². The highest BCUT2D eigenvalue weighted by Crippen LogP contribution is 2.12. The molecule has 0 radical (unpaired) electrons. The van der Waals surface area contributed by atoms with Gasteiger partial charge in [-0.1, -0.05) is 0 Å². The zero-order valence-electron chi connectivity index (χ0n) is 6.05. The number of nitrogens with two attached hydrogens (primary N) is 1. The summed E-state index contributed by atoms with van der Waals surface area (Å²) in [4.78, 5) is 12.3. The second-order valence-electron chi connectivity index (χ2n) is 2.02. The number of hydrogen-bond donors (Lipinski definition) is 1. The molecule has 0 bridgehead atoms. The lowest BCUT2D eigenvalue weighted by Gasteiger charge is -1.75. The lowest BCUT2D eigenvalue weighted by molar-refractivity contribution is -0.112. The maximum Gasteiger partial charge on any atom is 0.293 e. The van der Waals surface area contributed by atoms with Crippen molar-refractivity contribution in [3.05, 3.63) is 21.9 Å². The lowest BCUT2D eigenvalue weighted by atomic mass is 10.4. The van der Waals surface area contributed by atoms with Gasteiger partial charge in [-0.05, 0) is 25.0 Å². The van der Waals surface area contributed by atoms with Crippen LogP contribution in [0.25, 0.3) is 0 Å². The molecule has 2 nitrogen and oxygen atoms in total. The molecule has 0 unspecified atom stereocenters. The number of thiophene rings is 1. The van der Waals surface area contributed by atoms with Crippen LogP contribution in [0.15, 0.2) is 12.1 Å². The van der Waals surface area contributed by atoms with Gasteiger partial charge in [0.1, 0.15) is 0 Å². The number of carbonyl (C=O) groups excluding carboxylic acids is 1. The van der Waals surface area contributed by atoms with Crippen LogP contribution in [0.4, 0.5) is 0 Å². The minimum absolute atomic E-state index is 0.587. The van der Waals surface area contributed by atoms with Crippen molar-refractivity contribution in [1.82, 2.24) is 0 Å². The Morgan fingerprint density at radius 2 is 2.36 bits per heavy atom. The first-order valence-corrected chi connectivity index (χ1v) is 3.88. The summed E-state index contributed by atoms with van der Waals surface area (Å²) >= 11 is 1.55. The molecular formula is C8H7NOS. The van der Waals surface area contributed by atoms with Crippen LogP contribution >= 0.6 is 11.3 Å². The van der Waals surface area contributed by atoms with Crippen molar-refractivity contribution in [2.75, 3.05) is 0 Å². The van der Waals surface area contributed by atoms with Crippen molar-refractivity contribution >= 4 is 17.2 Å². The molecule has 0 aliphatic heterocycles. The Kier molecular flexibility index (Phi) is 2.29. The van der Waals surface area contributed by atoms with Gasteiger partial charge in [0, 0.05) is 10.8 Å². The first-order valence-electron chi connectivity index (χ1n) is 3.06. The van der Waals surface area contributed by atoms with E-state index in [0.29, 0.717) is 0 Å². The fraction of sp³-hybridized carbons (Fsp3) is 0.125. The zero-order valence-corrected chi connectivity index (χ0v) is 6.87. The Bertz CT molecular complexity index is 329. The molecule has 0 aliphatic rings. The van der Waals surface area contributed by atoms with Crippen LogP contribution in [-0.4, -0.2) is 5.91 Å². The number of hydrogen-bond acceptors (Lipinski definition) is 2. The van der Waals surface area contributed by atoms with Gasteiger partial charge in [-0.25, -0.2) is 0 Å². The zero-order chi connectivity index (χ0) is 8.27. The molecule has 11 heavy (non-hydrogen) atoms. The third kappa shape index (κ3) is 2.44. The number of carbonyl (C=O) groups is 1. The van der Waals surface area contributed by atoms with Crippen molar-refractivity contribution < 1.29 is 4.79 Å². The van der Waals surface area contributed by atoms with E-state index in [2.05, 4.69) is 11.8 Å². The quantitative estimate of drug-likeness (QED) is 0.570. The van der Waals surface area contributed by atoms with Gasteiger partial charge in [-0.3, -0.25) is 4.79 Å². The molecular weight excluding hydrogens is 158 g/mol. The first-order chi connectivity index (χ1) is 5.18. The topological polar surface area (TPSA) is 43.1 Å². The minimum Gasteiger partial charge on any atom is -0.359 e. The third-order valence-electron chi connectivity index (χ3n) is 1.05. The van der Waals surface area contributed by atoms with Gasteiger partial charge in [0.25, 0.3) is 5.91 Å². The van der Waals surface area contributed by atoms with Gasteiger partial charge in [0.05, 0.1) is 4.88 Å². The summed E-state index contributed by atoms with van der Waals surface area (Å²) in [5.74, 6) is 4.35. The van der Waals surface area contributed by atoms with Crippen LogP contribution in [0, 0.1) is 18.8 Å². The lowest BCUT2D eigenvalue weighted by Crippen LogP contribution is -2.05. The average molecular weight is 165 g/mol. The number of primary amides is 1. The molecule has 1 amide bonds. The Morgan fingerprint density at radius 1 is 1.64 bits per heavy atom. The van der Waals surface area contributed by atoms with E-state index in [1.165, 1.54) is 4.88 Å². The number of rotatable bonds is 0. The molecule has 0 aromatic carbocycles. The van der Waals surface area contributed by atoms with Crippen LogP contribution < -0.4 is 5.73 Å². The summed E-state index contributed by atoms with van der Waals surface area (Å²) in [6.07, 6.45) is 0. The highest BCUT2D eigenvalue weighted by molar-refractivity contribution is 7.12. The second kappa shape index (κ2) is 3.22. The SMILES string of the molecule is Cc1ccc(C#CC(N)=O)s1. The van der Waals surface area contributed by atoms with Gasteiger partial charge in [-0.15, -0.1) is 11.3 Å². The molecule has 2 N–H and O–H groups in total. The molecule has 0 fully saturated rings. The fourth-order valence-corrected chi connectivity index (χ4v) is 1.35. The summed E-state index contributed by atoms with van der Waals surface area (Å²) in [7, 11) is 0. The van der Waals surface area contributed by atoms with Gasteiger partial charge in [0.2, 0.25) is 0 Å². The predicted octanol–water partition coefficient (Wildman–Crippen LogP) is 0.893. The van der Waals surface area contributed by atoms with E-state index >= 15 is 0 Å². The molecule has 1 heterocycles. The molecule has 56 valence electrons. The summed E-state index contributed by atoms with van der Waals surface area (Å²) in [6.45, 7) is 1.99. The minimum atomic E-state index is -0.587. The van der Waals surface area contributed by atoms with E-state index in [1.807, 2.05) is 19.1 Å². The van der Waals surface area contributed by atoms with Crippen LogP contribution in [0.3, 0.4) is 0 Å². The fourth-order valence-electron chi connectivity index (χ4n) is 0.625. The van der Waals surface area contributed by atoms with E-state index in [1.54, 1.807) is 11.3 Å². The van der Waals surface area contributed by atoms with Crippen LogP contribution in [0.1, 0.15) is 9.75 Å². The predicted molar refractivity (Wildman–Crippen MR) is 45.1 cm³/mol. The van der Waals surface area contributed by atoms with Crippen LogP contribution in [0.2, 0.25) is 0 Å². The molecule has 0 saturated heterocycles. The molecule has 1 aromatic rings. The van der Waals surface area contributed by atoms with Gasteiger partial charge >= 0.3 is 0 Å². The number of amides is 1. The smallest absolute Gasteiger partial charge is 0.293 e. The summed E-state index contributed by atoms with van der Waals surface area (Å²) in [5.41, 5.74) is 4.84. The van der Waals surface area contributed by atoms with E-state index in [0.717, 1.165) is 4.88 Å². The van der Waals surface area contributed by atoms with Gasteiger partial charge < -0.3 is 5.73 Å². The summed E-state index contributed by atoms with van der Waals surface area (Å²) in [5, 5.41) is 0. The Morgan fingerprint density at radius 3 is 2.82 bits per heavy atom. The molecule has 1 aromatic heterocycles. The molecule has 0 atom stereocenters. The van der Waals surface area contributed by atoms with E-state index in [9.17, 15) is 4.79 Å². The van der Waals surface area contributed by atoms with Gasteiger partial charge in [0.15, 0.2) is 0 Å². The molecule has 0 aliphatic carbocycles. The summed E-state index contributed by atoms with van der Waals surface area (Å²) < 4.78 is 0. The van der Waals surface area contributed by atoms with Crippen LogP contribution in [0.5, 0.6) is 0 Å². The molecule has 0 spiro atoms. The Hall–Kier alpha value is -1.27. The maximum absolute atomic E-state index is 10.2. The average Bonchev–Trinajstić information content (AvgIpc) is 2.31. The number of aryl methyl sites for hydroxylation is 1. The highest BCUT2D eigenvalue weighted by Gasteiger charge is 1.90. The van der Waals surface area contributed by atoms with Crippen LogP contribution in [-0.2, 0) is 4.79 Å². The standard InChI is InChI=1S/C8H7NOS/c1-6-2-3-7(11-6)4-5-8(9)10/h2-3H,1H3,(H2,9,10). The van der Waals surface area contributed by atoms with E-state index in [4.69, 9.17) is 5.73 Å². The molecule has 3 heteroatoms. The maximum atomic E-state index is 10.2. The Labute approximate surface area is 69.0 Å². The normalized spacial score (nSPS) is 8.45. The Balaban J connectivity index is 2.82. The van der Waals surface area contributed by atoms with Crippen molar-refractivity contribution in [3.8, 4) is 11.8 Å². The van der Waals surface area contributed by atoms with Crippen molar-refractivity contribution in [1.29, 1.82) is 0 Å². The largest absolute Gasteiger partial charge is 0.359 e. The first kappa shape index (κ1) is 7.83. The highest BCUT2D eigenvalue weighted by atomic mass is 32.1. The van der Waals surface area contributed by atoms with Gasteiger partial charge in [-0.2, -0.15) is 0 Å². The molecule has 0 saturated carbocycles. The van der Waals surface area contributed by atoms with E-state index in [-0.39, 0.29) is 0 Å². The molecule has 1 rings (SSSR count). The van der Waals surface area contributed by atoms with Crippen molar-refractivity contribution in [2.45, 2.75) is 6.92 Å². The van der Waals surface area contributed by atoms with Crippen molar-refractivity contribution in [2.24, 2.45) is 5.73 Å². The summed E-state index contributed by atoms with van der Waals surface area (Å²) in [6, 6.07) is 3.83. The second-order valence-corrected chi connectivity index (χ2v) is 3.31. The third-order valence-corrected chi connectivity index (χ3v) is 1.97.